The highest BCUT2D eigenvalue weighted by molar-refractivity contribution is 5.99. The summed E-state index contributed by atoms with van der Waals surface area (Å²) in [5, 5.41) is 17.7. The predicted molar refractivity (Wildman–Crippen MR) is 147 cm³/mol. The van der Waals surface area contributed by atoms with E-state index in [0.717, 1.165) is 24.2 Å². The Morgan fingerprint density at radius 3 is 2.41 bits per heavy atom. The van der Waals surface area contributed by atoms with E-state index >= 15 is 0 Å². The Morgan fingerprint density at radius 2 is 1.74 bits per heavy atom. The number of nitrogens with zero attached hydrogens (tertiary/aromatic N) is 1. The number of rotatable bonds is 11. The topological polar surface area (TPSA) is 137 Å². The Balaban J connectivity index is 1.87. The van der Waals surface area contributed by atoms with Crippen molar-refractivity contribution in [2.24, 2.45) is 0 Å². The molecule has 0 unspecified atom stereocenters. The van der Waals surface area contributed by atoms with Gasteiger partial charge in [-0.3, -0.25) is 19.2 Å². The van der Waals surface area contributed by atoms with Gasteiger partial charge in [0.05, 0.1) is 6.61 Å². The number of aliphatic hydroxyl groups excluding tert-OH is 1. The van der Waals surface area contributed by atoms with Gasteiger partial charge in [0, 0.05) is 19.6 Å². The monoisotopic (exact) mass is 544 g/mol. The smallest absolute Gasteiger partial charge is 0.246 e. The molecule has 0 radical (unpaired) electrons. The Morgan fingerprint density at radius 1 is 1.00 bits per heavy atom. The van der Waals surface area contributed by atoms with Gasteiger partial charge in [0.25, 0.3) is 0 Å². The van der Waals surface area contributed by atoms with Gasteiger partial charge in [0.15, 0.2) is 0 Å². The lowest BCUT2D eigenvalue weighted by atomic mass is 9.94. The van der Waals surface area contributed by atoms with Crippen molar-refractivity contribution >= 4 is 23.6 Å². The Bertz CT molecular complexity index is 1000. The van der Waals surface area contributed by atoms with Crippen LogP contribution in [0.4, 0.5) is 0 Å². The van der Waals surface area contributed by atoms with Crippen molar-refractivity contribution in [1.29, 1.82) is 0 Å². The molecule has 0 saturated carbocycles. The number of carbonyl (C=O) groups excluding carboxylic acids is 4. The van der Waals surface area contributed by atoms with E-state index in [2.05, 4.69) is 22.9 Å². The van der Waals surface area contributed by atoms with Gasteiger partial charge >= 0.3 is 0 Å². The maximum atomic E-state index is 13.8. The van der Waals surface area contributed by atoms with Crippen LogP contribution in [0.5, 0.6) is 5.75 Å². The van der Waals surface area contributed by atoms with Crippen LogP contribution in [0.25, 0.3) is 0 Å². The van der Waals surface area contributed by atoms with Crippen LogP contribution in [0.3, 0.4) is 0 Å². The average molecular weight is 545 g/mol. The van der Waals surface area contributed by atoms with Gasteiger partial charge in [-0.2, -0.15) is 0 Å². The molecule has 2 saturated heterocycles. The summed E-state index contributed by atoms with van der Waals surface area (Å²) in [6, 6.07) is 4.98. The molecule has 216 valence electrons. The van der Waals surface area contributed by atoms with E-state index in [1.807, 2.05) is 24.3 Å². The maximum absolute atomic E-state index is 13.8. The van der Waals surface area contributed by atoms with Gasteiger partial charge < -0.3 is 30.7 Å². The van der Waals surface area contributed by atoms with Gasteiger partial charge in [-0.25, -0.2) is 0 Å². The molecule has 4 N–H and O–H groups in total. The number of amides is 4. The SMILES string of the molecule is CCCCOc1ccc(C[C@@H]2NC(=O)[C@](C)(CC)NC(=O)[C@H](CCCCO)NC(=O)[C@H]3CCCN3C2=O)cc1. The molecule has 1 aromatic rings. The normalized spacial score (nSPS) is 26.2. The molecule has 2 aliphatic rings. The van der Waals surface area contributed by atoms with Gasteiger partial charge in [0.1, 0.15) is 29.4 Å². The highest BCUT2D eigenvalue weighted by atomic mass is 16.5. The van der Waals surface area contributed by atoms with Crippen LogP contribution >= 0.6 is 0 Å². The predicted octanol–water partition coefficient (Wildman–Crippen LogP) is 1.83. The number of ether oxygens (including phenoxy) is 1. The first-order valence-corrected chi connectivity index (χ1v) is 14.3. The highest BCUT2D eigenvalue weighted by Gasteiger charge is 2.43. The largest absolute Gasteiger partial charge is 0.494 e. The molecule has 10 nitrogen and oxygen atoms in total. The Kier molecular flexibility index (Phi) is 11.2. The third-order valence-electron chi connectivity index (χ3n) is 7.71. The molecule has 2 fully saturated rings. The molecule has 4 amide bonds. The average Bonchev–Trinajstić information content (AvgIpc) is 3.42. The number of aliphatic hydroxyl groups is 1. The van der Waals surface area contributed by atoms with Crippen LogP contribution < -0.4 is 20.7 Å². The van der Waals surface area contributed by atoms with Gasteiger partial charge in [-0.15, -0.1) is 0 Å². The van der Waals surface area contributed by atoms with E-state index in [-0.39, 0.29) is 24.8 Å². The van der Waals surface area contributed by atoms with E-state index in [1.165, 1.54) is 4.90 Å². The standard InChI is InChI=1S/C29H44N4O6/c1-4-6-18-39-21-14-12-20(13-15-21)19-23-27(37)33-16-9-11-24(33)26(36)30-22(10-7-8-17-34)25(35)32-29(3,5-2)28(38)31-23/h12-15,22-24,34H,4-11,16-19H2,1-3H3,(H,30,36)(H,31,38)(H,32,35)/t22-,23-,24+,29-/m0/s1. The number of hydrogen-bond donors (Lipinski definition) is 4. The van der Waals surface area contributed by atoms with Crippen LogP contribution in [-0.2, 0) is 25.6 Å². The summed E-state index contributed by atoms with van der Waals surface area (Å²) in [7, 11) is 0. The van der Waals surface area contributed by atoms with E-state index in [0.29, 0.717) is 51.7 Å². The van der Waals surface area contributed by atoms with Crippen molar-refractivity contribution in [2.45, 2.75) is 102 Å². The molecule has 0 aromatic heterocycles. The molecule has 2 aliphatic heterocycles. The number of unbranched alkanes of at least 4 members (excludes halogenated alkanes) is 2. The quantitative estimate of drug-likeness (QED) is 0.314. The first-order chi connectivity index (χ1) is 18.7. The fourth-order valence-corrected chi connectivity index (χ4v) is 4.97. The zero-order valence-corrected chi connectivity index (χ0v) is 23.5. The fourth-order valence-electron chi connectivity index (χ4n) is 4.97. The highest BCUT2D eigenvalue weighted by Crippen LogP contribution is 2.23. The third kappa shape index (κ3) is 7.94. The Labute approximate surface area is 231 Å². The molecule has 39 heavy (non-hydrogen) atoms. The molecule has 0 aliphatic carbocycles. The zero-order valence-electron chi connectivity index (χ0n) is 23.5. The summed E-state index contributed by atoms with van der Waals surface area (Å²) >= 11 is 0. The van der Waals surface area contributed by atoms with E-state index < -0.39 is 35.5 Å². The molecule has 1 aromatic carbocycles. The lowest BCUT2D eigenvalue weighted by Gasteiger charge is -2.36. The summed E-state index contributed by atoms with van der Waals surface area (Å²) in [6.45, 7) is 6.53. The second-order valence-corrected chi connectivity index (χ2v) is 10.7. The van der Waals surface area contributed by atoms with Crippen LogP contribution in [0.1, 0.15) is 77.7 Å². The summed E-state index contributed by atoms with van der Waals surface area (Å²) in [4.78, 5) is 55.5. The number of nitrogens with one attached hydrogen (secondary N) is 3. The van der Waals surface area contributed by atoms with Gasteiger partial charge in [-0.1, -0.05) is 32.4 Å². The molecule has 4 atom stereocenters. The minimum Gasteiger partial charge on any atom is -0.494 e. The van der Waals surface area contributed by atoms with Crippen molar-refractivity contribution in [3.05, 3.63) is 29.8 Å². The second-order valence-electron chi connectivity index (χ2n) is 10.7. The summed E-state index contributed by atoms with van der Waals surface area (Å²) in [5.74, 6) is -0.846. The number of carbonyl (C=O) groups is 4. The minimum atomic E-state index is -1.28. The first-order valence-electron chi connectivity index (χ1n) is 14.3. The summed E-state index contributed by atoms with van der Waals surface area (Å²) in [5.41, 5.74) is -0.439. The molecule has 3 rings (SSSR count). The van der Waals surface area contributed by atoms with Crippen molar-refractivity contribution in [1.82, 2.24) is 20.9 Å². The maximum Gasteiger partial charge on any atom is 0.246 e. The Hall–Kier alpha value is -3.14. The molecule has 2 heterocycles. The van der Waals surface area contributed by atoms with E-state index in [9.17, 15) is 19.2 Å². The molecule has 10 heteroatoms. The van der Waals surface area contributed by atoms with E-state index in [1.54, 1.807) is 13.8 Å². The van der Waals surface area contributed by atoms with Gasteiger partial charge in [-0.05, 0) is 69.6 Å². The van der Waals surface area contributed by atoms with Crippen molar-refractivity contribution in [2.75, 3.05) is 19.8 Å². The van der Waals surface area contributed by atoms with Crippen molar-refractivity contribution in [3.63, 3.8) is 0 Å². The van der Waals surface area contributed by atoms with Crippen LogP contribution in [0, 0.1) is 0 Å². The van der Waals surface area contributed by atoms with E-state index in [4.69, 9.17) is 9.84 Å². The van der Waals surface area contributed by atoms with Crippen LogP contribution in [-0.4, -0.2) is 77.1 Å². The number of hydrogen-bond acceptors (Lipinski definition) is 6. The third-order valence-corrected chi connectivity index (χ3v) is 7.71. The zero-order chi connectivity index (χ0) is 28.4. The molecular formula is C29H44N4O6. The molecular weight excluding hydrogens is 500 g/mol. The first kappa shape index (κ1) is 30.4. The van der Waals surface area contributed by atoms with Crippen molar-refractivity contribution < 1.29 is 29.0 Å². The molecule has 0 bridgehead atoms. The second kappa shape index (κ2) is 14.3. The number of fused-ring (bicyclic) bond motifs is 1. The van der Waals surface area contributed by atoms with Gasteiger partial charge in [0.2, 0.25) is 23.6 Å². The van der Waals surface area contributed by atoms with Crippen LogP contribution in [0.2, 0.25) is 0 Å². The number of benzene rings is 1. The lowest BCUT2D eigenvalue weighted by molar-refractivity contribution is -0.144. The van der Waals surface area contributed by atoms with Crippen LogP contribution in [0.15, 0.2) is 24.3 Å². The minimum absolute atomic E-state index is 0.0156. The van der Waals surface area contributed by atoms with Crippen molar-refractivity contribution in [3.8, 4) is 5.75 Å². The summed E-state index contributed by atoms with van der Waals surface area (Å²) < 4.78 is 5.74. The fraction of sp³-hybridized carbons (Fsp3) is 0.655. The summed E-state index contributed by atoms with van der Waals surface area (Å²) in [6.07, 6.45) is 5.02. The molecule has 0 spiro atoms. The lowest BCUT2D eigenvalue weighted by Crippen LogP contribution is -2.65.